The molecule has 0 aliphatic heterocycles. The third-order valence-corrected chi connectivity index (χ3v) is 5.65. The fourth-order valence-electron chi connectivity index (χ4n) is 3.20. The van der Waals surface area contributed by atoms with Gasteiger partial charge in [0.05, 0.1) is 12.4 Å². The van der Waals surface area contributed by atoms with Gasteiger partial charge in [-0.2, -0.15) is 0 Å². The van der Waals surface area contributed by atoms with Crippen LogP contribution in [0, 0.1) is 0 Å². The van der Waals surface area contributed by atoms with E-state index in [1.807, 2.05) is 54.7 Å². The molecule has 0 aliphatic carbocycles. The van der Waals surface area contributed by atoms with E-state index in [1.54, 1.807) is 4.90 Å². The second-order valence-electron chi connectivity index (χ2n) is 6.38. The van der Waals surface area contributed by atoms with Gasteiger partial charge in [-0.05, 0) is 29.3 Å². The summed E-state index contributed by atoms with van der Waals surface area (Å²) in [7, 11) is 1.35. The minimum Gasteiger partial charge on any atom is -0.467 e. The van der Waals surface area contributed by atoms with E-state index in [4.69, 9.17) is 4.74 Å². The number of para-hydroxylation sites is 1. The molecule has 5 nitrogen and oxygen atoms in total. The number of carbonyl (C=O) groups excluding carboxylic acids is 2. The minimum atomic E-state index is -0.724. The Kier molecular flexibility index (Phi) is 6.91. The molecule has 2 aromatic carbocycles. The number of hydrogen-bond acceptors (Lipinski definition) is 3. The van der Waals surface area contributed by atoms with E-state index < -0.39 is 12.0 Å². The number of alkyl halides is 1. The van der Waals surface area contributed by atoms with Crippen molar-refractivity contribution in [2.45, 2.75) is 19.0 Å². The van der Waals surface area contributed by atoms with Crippen LogP contribution in [0.2, 0.25) is 0 Å². The molecule has 0 bridgehead atoms. The first kappa shape index (κ1) is 20.6. The topological polar surface area (TPSA) is 62.4 Å². The van der Waals surface area contributed by atoms with Crippen LogP contribution >= 0.6 is 31.9 Å². The van der Waals surface area contributed by atoms with Crippen molar-refractivity contribution >= 4 is 54.6 Å². The first-order chi connectivity index (χ1) is 13.5. The highest BCUT2D eigenvalue weighted by Crippen LogP contribution is 2.23. The maximum absolute atomic E-state index is 12.7. The molecule has 3 rings (SSSR count). The predicted octanol–water partition coefficient (Wildman–Crippen LogP) is 4.44. The highest BCUT2D eigenvalue weighted by atomic mass is 79.9. The van der Waals surface area contributed by atoms with Crippen LogP contribution in [0.3, 0.4) is 0 Å². The summed E-state index contributed by atoms with van der Waals surface area (Å²) in [5.41, 5.74) is 2.90. The number of benzene rings is 2. The van der Waals surface area contributed by atoms with Gasteiger partial charge in [0.15, 0.2) is 0 Å². The van der Waals surface area contributed by atoms with E-state index in [-0.39, 0.29) is 11.2 Å². The zero-order chi connectivity index (χ0) is 20.1. The lowest BCUT2D eigenvalue weighted by Crippen LogP contribution is -2.47. The van der Waals surface area contributed by atoms with Crippen LogP contribution in [0.4, 0.5) is 0 Å². The molecule has 0 unspecified atom stereocenters. The monoisotopic (exact) mass is 506 g/mol. The number of carbonyl (C=O) groups is 2. The van der Waals surface area contributed by atoms with Crippen molar-refractivity contribution in [3.05, 3.63) is 70.3 Å². The Morgan fingerprint density at radius 3 is 2.54 bits per heavy atom. The van der Waals surface area contributed by atoms with Crippen LogP contribution < -0.4 is 0 Å². The van der Waals surface area contributed by atoms with Crippen molar-refractivity contribution in [3.8, 4) is 0 Å². The number of hydrogen-bond donors (Lipinski definition) is 1. The minimum absolute atomic E-state index is 0.130. The van der Waals surface area contributed by atoms with Gasteiger partial charge in [0.2, 0.25) is 5.91 Å². The number of aromatic nitrogens is 1. The highest BCUT2D eigenvalue weighted by Gasteiger charge is 2.31. The summed E-state index contributed by atoms with van der Waals surface area (Å²) in [6.45, 7) is 0.319. The molecule has 0 fully saturated rings. The molecule has 0 spiro atoms. The summed E-state index contributed by atoms with van der Waals surface area (Å²) in [4.78, 5) is 30.1. The molecule has 1 amide bonds. The number of ether oxygens (including phenoxy) is 1. The Morgan fingerprint density at radius 1 is 1.14 bits per heavy atom. The van der Waals surface area contributed by atoms with Gasteiger partial charge in [-0.15, -0.1) is 0 Å². The van der Waals surface area contributed by atoms with E-state index in [9.17, 15) is 9.59 Å². The van der Waals surface area contributed by atoms with E-state index in [1.165, 1.54) is 7.11 Å². The van der Waals surface area contributed by atoms with E-state index in [0.29, 0.717) is 13.0 Å². The lowest BCUT2D eigenvalue weighted by atomic mass is 10.0. The van der Waals surface area contributed by atoms with Crippen LogP contribution in [0.5, 0.6) is 0 Å². The third kappa shape index (κ3) is 4.64. The van der Waals surface area contributed by atoms with E-state index >= 15 is 0 Å². The summed E-state index contributed by atoms with van der Waals surface area (Å²) < 4.78 is 6.00. The first-order valence-corrected chi connectivity index (χ1v) is 10.7. The van der Waals surface area contributed by atoms with Crippen molar-refractivity contribution in [3.63, 3.8) is 0 Å². The highest BCUT2D eigenvalue weighted by molar-refractivity contribution is 9.10. The normalized spacial score (nSPS) is 12.0. The molecule has 3 aromatic rings. The SMILES string of the molecule is COC(=O)[C@H](Cc1c[nH]c2ccccc12)N(Cc1ccc(Br)cc1)C(=O)CBr. The zero-order valence-electron chi connectivity index (χ0n) is 15.3. The Labute approximate surface area is 180 Å². The van der Waals surface area contributed by atoms with Gasteiger partial charge in [0.1, 0.15) is 6.04 Å². The van der Waals surface area contributed by atoms with Crippen LogP contribution in [-0.2, 0) is 27.3 Å². The second kappa shape index (κ2) is 9.39. The molecule has 0 aliphatic rings. The molecular formula is C21H20Br2N2O3. The number of nitrogens with zero attached hydrogens (tertiary/aromatic N) is 1. The number of rotatable bonds is 7. The van der Waals surface area contributed by atoms with Gasteiger partial charge < -0.3 is 14.6 Å². The third-order valence-electron chi connectivity index (χ3n) is 4.64. The number of methoxy groups -OCH3 is 1. The smallest absolute Gasteiger partial charge is 0.328 e. The molecule has 0 saturated carbocycles. The molecule has 7 heteroatoms. The van der Waals surface area contributed by atoms with Crippen molar-refractivity contribution in [2.24, 2.45) is 0 Å². The molecular weight excluding hydrogens is 488 g/mol. The quantitative estimate of drug-likeness (QED) is 0.380. The van der Waals surface area contributed by atoms with Gasteiger partial charge in [-0.3, -0.25) is 4.79 Å². The number of aromatic amines is 1. The molecule has 1 N–H and O–H groups in total. The van der Waals surface area contributed by atoms with Crippen LogP contribution in [0.1, 0.15) is 11.1 Å². The number of nitrogens with one attached hydrogen (secondary N) is 1. The Morgan fingerprint density at radius 2 is 1.86 bits per heavy atom. The standard InChI is InChI=1S/C21H20Br2N2O3/c1-28-21(27)19(10-15-12-24-18-5-3-2-4-17(15)18)25(20(26)11-22)13-14-6-8-16(23)9-7-14/h2-9,12,19,24H,10-11,13H2,1H3/t19-/m0/s1. The maximum Gasteiger partial charge on any atom is 0.328 e. The molecule has 146 valence electrons. The molecule has 1 aromatic heterocycles. The van der Waals surface area contributed by atoms with Crippen molar-refractivity contribution in [2.75, 3.05) is 12.4 Å². The Hall–Kier alpha value is -2.12. The van der Waals surface area contributed by atoms with Gasteiger partial charge in [0.25, 0.3) is 0 Å². The zero-order valence-corrected chi connectivity index (χ0v) is 18.5. The fraction of sp³-hybridized carbons (Fsp3) is 0.238. The van der Waals surface area contributed by atoms with Crippen LogP contribution in [0.15, 0.2) is 59.2 Å². The lowest BCUT2D eigenvalue weighted by Gasteiger charge is -2.29. The number of esters is 1. The average Bonchev–Trinajstić information content (AvgIpc) is 3.13. The molecule has 0 radical (unpaired) electrons. The maximum atomic E-state index is 12.7. The van der Waals surface area contributed by atoms with Crippen LogP contribution in [-0.4, -0.2) is 40.2 Å². The van der Waals surface area contributed by atoms with E-state index in [0.717, 1.165) is 26.5 Å². The molecule has 1 heterocycles. The van der Waals surface area contributed by atoms with E-state index in [2.05, 4.69) is 36.8 Å². The summed E-state index contributed by atoms with van der Waals surface area (Å²) in [6, 6.07) is 14.9. The summed E-state index contributed by atoms with van der Waals surface area (Å²) in [5.74, 6) is -0.602. The van der Waals surface area contributed by atoms with Crippen molar-refractivity contribution < 1.29 is 14.3 Å². The van der Waals surface area contributed by atoms with Crippen molar-refractivity contribution in [1.82, 2.24) is 9.88 Å². The average molecular weight is 508 g/mol. The van der Waals surface area contributed by atoms with Gasteiger partial charge in [0, 0.05) is 34.5 Å². The number of H-pyrrole nitrogens is 1. The number of amides is 1. The molecule has 0 saturated heterocycles. The predicted molar refractivity (Wildman–Crippen MR) is 116 cm³/mol. The summed E-state index contributed by atoms with van der Waals surface area (Å²) >= 11 is 6.66. The Balaban J connectivity index is 1.94. The van der Waals surface area contributed by atoms with Gasteiger partial charge in [-0.25, -0.2) is 4.79 Å². The number of fused-ring (bicyclic) bond motifs is 1. The first-order valence-electron chi connectivity index (χ1n) is 8.76. The summed E-state index contributed by atoms with van der Waals surface area (Å²) in [6.07, 6.45) is 2.25. The molecule has 28 heavy (non-hydrogen) atoms. The lowest BCUT2D eigenvalue weighted by molar-refractivity contribution is -0.152. The summed E-state index contributed by atoms with van der Waals surface area (Å²) in [5, 5.41) is 1.16. The largest absolute Gasteiger partial charge is 0.467 e. The van der Waals surface area contributed by atoms with Gasteiger partial charge in [-0.1, -0.05) is 62.2 Å². The number of halogens is 2. The van der Waals surface area contributed by atoms with Crippen LogP contribution in [0.25, 0.3) is 10.9 Å². The fourth-order valence-corrected chi connectivity index (χ4v) is 3.79. The molecule has 1 atom stereocenters. The Bertz CT molecular complexity index is 969. The van der Waals surface area contributed by atoms with Crippen molar-refractivity contribution in [1.29, 1.82) is 0 Å². The second-order valence-corrected chi connectivity index (χ2v) is 7.86. The van der Waals surface area contributed by atoms with Gasteiger partial charge >= 0.3 is 5.97 Å².